The van der Waals surface area contributed by atoms with Crippen LogP contribution in [0.1, 0.15) is 27.7 Å². The topological polar surface area (TPSA) is 89.2 Å². The molecule has 8 heteroatoms. The summed E-state index contributed by atoms with van der Waals surface area (Å²) in [5.74, 6) is -0.565. The molecule has 1 amide bonds. The van der Waals surface area contributed by atoms with Crippen LogP contribution in [0.15, 0.2) is 113 Å². The summed E-state index contributed by atoms with van der Waals surface area (Å²) >= 11 is 6.22. The fourth-order valence-corrected chi connectivity index (χ4v) is 5.20. The molecule has 0 bridgehead atoms. The van der Waals surface area contributed by atoms with Crippen LogP contribution in [-0.4, -0.2) is 23.9 Å². The van der Waals surface area contributed by atoms with Gasteiger partial charge in [0.2, 0.25) is 5.78 Å². The smallest absolute Gasteiger partial charge is 0.294 e. The molecule has 0 aliphatic carbocycles. The van der Waals surface area contributed by atoms with Crippen LogP contribution in [0.4, 0.5) is 5.69 Å². The number of amides is 1. The largest absolute Gasteiger partial charge is 0.503 e. The van der Waals surface area contributed by atoms with Crippen LogP contribution < -0.4 is 14.4 Å². The lowest BCUT2D eigenvalue weighted by molar-refractivity contribution is -0.117. The molecule has 204 valence electrons. The molecule has 0 spiro atoms. The summed E-state index contributed by atoms with van der Waals surface area (Å²) in [5.41, 5.74) is 2.30. The minimum atomic E-state index is -0.962. The fraction of sp³-hybridized carbons (Fsp3) is 0.0909. The van der Waals surface area contributed by atoms with Crippen molar-refractivity contribution in [3.63, 3.8) is 0 Å². The molecule has 1 aliphatic rings. The van der Waals surface area contributed by atoms with E-state index in [1.807, 2.05) is 49.4 Å². The van der Waals surface area contributed by atoms with Gasteiger partial charge in [-0.1, -0.05) is 59.6 Å². The van der Waals surface area contributed by atoms with Crippen molar-refractivity contribution in [2.45, 2.75) is 13.0 Å². The number of ether oxygens (including phenoxy) is 2. The second kappa shape index (κ2) is 10.5. The number of methoxy groups -OCH3 is 1. The highest BCUT2D eigenvalue weighted by atomic mass is 35.5. The molecule has 0 fully saturated rings. The van der Waals surface area contributed by atoms with Crippen LogP contribution in [-0.2, 0) is 4.79 Å². The van der Waals surface area contributed by atoms with Gasteiger partial charge < -0.3 is 19.0 Å². The Labute approximate surface area is 240 Å². The summed E-state index contributed by atoms with van der Waals surface area (Å²) in [6.07, 6.45) is 0. The zero-order chi connectivity index (χ0) is 28.7. The zero-order valence-electron chi connectivity index (χ0n) is 22.1. The van der Waals surface area contributed by atoms with Gasteiger partial charge in [-0.2, -0.15) is 0 Å². The maximum Gasteiger partial charge on any atom is 0.294 e. The molecule has 4 aromatic carbocycles. The van der Waals surface area contributed by atoms with Gasteiger partial charge in [-0.3, -0.25) is 14.5 Å². The van der Waals surface area contributed by atoms with Gasteiger partial charge in [-0.15, -0.1) is 0 Å². The molecule has 2 heterocycles. The fourth-order valence-electron chi connectivity index (χ4n) is 4.98. The first-order valence-corrected chi connectivity index (χ1v) is 13.2. The molecule has 41 heavy (non-hydrogen) atoms. The van der Waals surface area contributed by atoms with Crippen LogP contribution in [0.2, 0.25) is 5.02 Å². The van der Waals surface area contributed by atoms with Gasteiger partial charge in [-0.25, -0.2) is 0 Å². The molecule has 5 aromatic rings. The minimum absolute atomic E-state index is 0.0673. The van der Waals surface area contributed by atoms with Crippen molar-refractivity contribution in [1.29, 1.82) is 0 Å². The second-order valence-corrected chi connectivity index (χ2v) is 10.1. The highest BCUT2D eigenvalue weighted by molar-refractivity contribution is 6.31. The maximum atomic E-state index is 14.1. The van der Waals surface area contributed by atoms with Gasteiger partial charge in [0.15, 0.2) is 22.9 Å². The Bertz CT molecular complexity index is 1820. The SMILES string of the molecule is COc1cc(Cl)cc2cc(C(=O)C3=C(O)C(=O)N(c4ccc(C)cc4)C3c3cccc(Oc4ccccc4)c3)oc12. The molecule has 0 radical (unpaired) electrons. The van der Waals surface area contributed by atoms with Crippen molar-refractivity contribution in [2.75, 3.05) is 12.0 Å². The number of benzene rings is 4. The normalized spacial score (nSPS) is 15.0. The average Bonchev–Trinajstić information content (AvgIpc) is 3.52. The number of nitrogens with zero attached hydrogens (tertiary/aromatic N) is 1. The van der Waals surface area contributed by atoms with Crippen molar-refractivity contribution < 1.29 is 28.6 Å². The maximum absolute atomic E-state index is 14.1. The minimum Gasteiger partial charge on any atom is -0.503 e. The summed E-state index contributed by atoms with van der Waals surface area (Å²) in [7, 11) is 1.47. The van der Waals surface area contributed by atoms with E-state index in [1.165, 1.54) is 18.1 Å². The molecular formula is C33H24ClNO6. The lowest BCUT2D eigenvalue weighted by Gasteiger charge is -2.27. The number of ketones is 1. The van der Waals surface area contributed by atoms with Crippen LogP contribution in [0, 0.1) is 6.92 Å². The van der Waals surface area contributed by atoms with Gasteiger partial charge in [0, 0.05) is 22.2 Å². The Morgan fingerprint density at radius 2 is 1.66 bits per heavy atom. The van der Waals surface area contributed by atoms with Crippen LogP contribution >= 0.6 is 11.6 Å². The first kappa shape index (κ1) is 26.2. The van der Waals surface area contributed by atoms with Crippen LogP contribution in [0.3, 0.4) is 0 Å². The van der Waals surface area contributed by atoms with E-state index in [9.17, 15) is 14.7 Å². The third kappa shape index (κ3) is 4.81. The Balaban J connectivity index is 1.47. The third-order valence-electron chi connectivity index (χ3n) is 6.91. The number of hydrogen-bond acceptors (Lipinski definition) is 6. The highest BCUT2D eigenvalue weighted by Gasteiger charge is 2.45. The number of aliphatic hydroxyl groups is 1. The van der Waals surface area contributed by atoms with E-state index >= 15 is 0 Å². The standard InChI is InChI=1S/C33H24ClNO6/c1-19-11-13-23(14-12-19)35-29(20-7-6-10-25(16-20)40-24-8-4-3-5-9-24)28(31(37)33(35)38)30(36)26-17-21-15-22(34)18-27(39-2)32(21)41-26/h3-18,29,37H,1-2H3. The monoisotopic (exact) mass is 565 g/mol. The summed E-state index contributed by atoms with van der Waals surface area (Å²) in [5, 5.41) is 12.1. The van der Waals surface area contributed by atoms with Crippen molar-refractivity contribution in [3.05, 3.63) is 130 Å². The number of carbonyl (C=O) groups excluding carboxylic acids is 2. The predicted octanol–water partition coefficient (Wildman–Crippen LogP) is 7.98. The number of anilines is 1. The summed E-state index contributed by atoms with van der Waals surface area (Å²) in [4.78, 5) is 29.0. The molecule has 1 aromatic heterocycles. The number of Topliss-reactive ketones (excluding diaryl/α,β-unsaturated/α-hetero) is 1. The molecule has 1 aliphatic heterocycles. The lowest BCUT2D eigenvalue weighted by atomic mass is 9.94. The first-order valence-electron chi connectivity index (χ1n) is 12.8. The van der Waals surface area contributed by atoms with E-state index in [4.69, 9.17) is 25.5 Å². The Morgan fingerprint density at radius 1 is 0.927 bits per heavy atom. The van der Waals surface area contributed by atoms with E-state index in [0.29, 0.717) is 44.5 Å². The molecular weight excluding hydrogens is 542 g/mol. The number of para-hydroxylation sites is 1. The second-order valence-electron chi connectivity index (χ2n) is 9.63. The van der Waals surface area contributed by atoms with Gasteiger partial charge in [0.25, 0.3) is 5.91 Å². The average molecular weight is 566 g/mol. The number of hydrogen-bond donors (Lipinski definition) is 1. The number of aliphatic hydroxyl groups excluding tert-OH is 1. The van der Waals surface area contributed by atoms with E-state index in [-0.39, 0.29) is 11.3 Å². The number of furan rings is 1. The summed E-state index contributed by atoms with van der Waals surface area (Å²) < 4.78 is 17.3. The van der Waals surface area contributed by atoms with Crippen LogP contribution in [0.25, 0.3) is 11.0 Å². The Hall–Kier alpha value is -5.01. The Morgan fingerprint density at radius 3 is 2.39 bits per heavy atom. The van der Waals surface area contributed by atoms with E-state index in [0.717, 1.165) is 5.56 Å². The number of halogens is 1. The molecule has 0 saturated heterocycles. The zero-order valence-corrected chi connectivity index (χ0v) is 22.9. The first-order chi connectivity index (χ1) is 19.8. The van der Waals surface area contributed by atoms with E-state index in [2.05, 4.69) is 0 Å². The quantitative estimate of drug-likeness (QED) is 0.201. The Kier molecular flexibility index (Phi) is 6.73. The summed E-state index contributed by atoms with van der Waals surface area (Å²) in [6.45, 7) is 1.93. The molecule has 1 N–H and O–H groups in total. The van der Waals surface area contributed by atoms with Crippen molar-refractivity contribution in [1.82, 2.24) is 0 Å². The van der Waals surface area contributed by atoms with E-state index < -0.39 is 23.5 Å². The highest BCUT2D eigenvalue weighted by Crippen LogP contribution is 2.44. The molecule has 6 rings (SSSR count). The van der Waals surface area contributed by atoms with E-state index in [1.54, 1.807) is 48.5 Å². The van der Waals surface area contributed by atoms with Gasteiger partial charge >= 0.3 is 0 Å². The number of carbonyl (C=O) groups is 2. The molecule has 7 nitrogen and oxygen atoms in total. The van der Waals surface area contributed by atoms with Gasteiger partial charge in [0.1, 0.15) is 11.5 Å². The van der Waals surface area contributed by atoms with Gasteiger partial charge in [-0.05, 0) is 61.0 Å². The third-order valence-corrected chi connectivity index (χ3v) is 7.13. The molecule has 0 saturated carbocycles. The lowest BCUT2D eigenvalue weighted by Crippen LogP contribution is -2.31. The number of fused-ring (bicyclic) bond motifs is 1. The molecule has 1 atom stereocenters. The summed E-state index contributed by atoms with van der Waals surface area (Å²) in [6, 6.07) is 27.4. The number of aryl methyl sites for hydroxylation is 1. The van der Waals surface area contributed by atoms with Crippen molar-refractivity contribution >= 4 is 39.9 Å². The predicted molar refractivity (Wildman–Crippen MR) is 156 cm³/mol. The molecule has 1 unspecified atom stereocenters. The van der Waals surface area contributed by atoms with Crippen molar-refractivity contribution in [3.8, 4) is 17.2 Å². The van der Waals surface area contributed by atoms with Gasteiger partial charge in [0.05, 0.1) is 18.7 Å². The van der Waals surface area contributed by atoms with Crippen LogP contribution in [0.5, 0.6) is 17.2 Å². The van der Waals surface area contributed by atoms with Crippen molar-refractivity contribution in [2.24, 2.45) is 0 Å². The number of rotatable bonds is 7.